The number of rotatable bonds is 2. The highest BCUT2D eigenvalue weighted by Crippen LogP contribution is 2.12. The molecular formula is C16H14N4. The third kappa shape index (κ3) is 1.86. The molecule has 0 aliphatic heterocycles. The van der Waals surface area contributed by atoms with Crippen molar-refractivity contribution in [3.8, 4) is 0 Å². The first-order chi connectivity index (χ1) is 9.78. The predicted molar refractivity (Wildman–Crippen MR) is 77.9 cm³/mol. The number of aryl methyl sites for hydroxylation is 1. The standard InChI is InChI=1S/C16H14N4/c1-12-6-16-17-8-13(10-20(16)9-12)7-14-11-19-5-3-2-4-15(19)18-14/h2-6,8-11H,7H2,1H3. The first-order valence-electron chi connectivity index (χ1n) is 6.64. The van der Waals surface area contributed by atoms with Crippen molar-refractivity contribution < 1.29 is 0 Å². The van der Waals surface area contributed by atoms with Crippen LogP contribution in [0.5, 0.6) is 0 Å². The summed E-state index contributed by atoms with van der Waals surface area (Å²) in [6, 6.07) is 8.10. The summed E-state index contributed by atoms with van der Waals surface area (Å²) in [6.07, 6.45) is 11.0. The number of hydrogen-bond donors (Lipinski definition) is 0. The van der Waals surface area contributed by atoms with E-state index >= 15 is 0 Å². The van der Waals surface area contributed by atoms with Crippen LogP contribution in [0.25, 0.3) is 11.3 Å². The maximum absolute atomic E-state index is 4.62. The molecule has 0 saturated carbocycles. The van der Waals surface area contributed by atoms with Crippen molar-refractivity contribution >= 4 is 11.3 Å². The van der Waals surface area contributed by atoms with E-state index in [1.54, 1.807) is 0 Å². The Hall–Kier alpha value is -2.62. The molecule has 0 saturated heterocycles. The summed E-state index contributed by atoms with van der Waals surface area (Å²) < 4.78 is 4.11. The maximum Gasteiger partial charge on any atom is 0.136 e. The first-order valence-corrected chi connectivity index (χ1v) is 6.64. The van der Waals surface area contributed by atoms with Gasteiger partial charge < -0.3 is 8.80 Å². The molecule has 0 radical (unpaired) electrons. The molecule has 0 aliphatic carbocycles. The molecular weight excluding hydrogens is 248 g/mol. The monoisotopic (exact) mass is 262 g/mol. The number of pyridine rings is 1. The van der Waals surface area contributed by atoms with Crippen LogP contribution < -0.4 is 0 Å². The Balaban J connectivity index is 1.72. The molecule has 0 spiro atoms. The number of hydrogen-bond acceptors (Lipinski definition) is 2. The van der Waals surface area contributed by atoms with Crippen LogP contribution in [-0.2, 0) is 6.42 Å². The molecule has 0 amide bonds. The minimum atomic E-state index is 0.793. The predicted octanol–water partition coefficient (Wildman–Crippen LogP) is 2.88. The smallest absolute Gasteiger partial charge is 0.136 e. The SMILES string of the molecule is Cc1cc2ncc(Cc3cn4ccccc4n3)cn2c1. The molecule has 0 unspecified atom stereocenters. The second kappa shape index (κ2) is 4.20. The zero-order valence-corrected chi connectivity index (χ0v) is 11.2. The Labute approximate surface area is 116 Å². The molecule has 0 bridgehead atoms. The van der Waals surface area contributed by atoms with Gasteiger partial charge in [-0.3, -0.25) is 0 Å². The molecule has 0 aromatic carbocycles. The summed E-state index contributed by atoms with van der Waals surface area (Å²) in [5.41, 5.74) is 5.41. The van der Waals surface area contributed by atoms with Crippen molar-refractivity contribution in [3.63, 3.8) is 0 Å². The van der Waals surface area contributed by atoms with Crippen LogP contribution in [0.1, 0.15) is 16.8 Å². The zero-order chi connectivity index (χ0) is 13.5. The number of nitrogens with zero attached hydrogens (tertiary/aromatic N) is 4. The maximum atomic E-state index is 4.62. The lowest BCUT2D eigenvalue weighted by atomic mass is 10.2. The molecule has 0 aliphatic rings. The summed E-state index contributed by atoms with van der Waals surface area (Å²) >= 11 is 0. The molecule has 4 nitrogen and oxygen atoms in total. The average Bonchev–Trinajstić information content (AvgIpc) is 2.99. The summed E-state index contributed by atoms with van der Waals surface area (Å²) in [5.74, 6) is 0. The molecule has 0 fully saturated rings. The fourth-order valence-corrected chi connectivity index (χ4v) is 2.54. The van der Waals surface area contributed by atoms with E-state index in [-0.39, 0.29) is 0 Å². The van der Waals surface area contributed by atoms with E-state index in [4.69, 9.17) is 0 Å². The zero-order valence-electron chi connectivity index (χ0n) is 11.2. The van der Waals surface area contributed by atoms with E-state index in [9.17, 15) is 0 Å². The molecule has 4 aromatic heterocycles. The van der Waals surface area contributed by atoms with E-state index in [0.717, 1.165) is 29.0 Å². The molecule has 98 valence electrons. The quantitative estimate of drug-likeness (QED) is 0.556. The molecule has 4 heterocycles. The highest BCUT2D eigenvalue weighted by Gasteiger charge is 2.04. The Kier molecular flexibility index (Phi) is 2.36. The van der Waals surface area contributed by atoms with E-state index in [2.05, 4.69) is 45.9 Å². The van der Waals surface area contributed by atoms with E-state index in [1.165, 1.54) is 5.56 Å². The minimum absolute atomic E-state index is 0.793. The van der Waals surface area contributed by atoms with Gasteiger partial charge in [-0.05, 0) is 36.2 Å². The van der Waals surface area contributed by atoms with E-state index in [1.807, 2.05) is 35.0 Å². The van der Waals surface area contributed by atoms with Crippen LogP contribution in [-0.4, -0.2) is 18.8 Å². The third-order valence-electron chi connectivity index (χ3n) is 3.43. The van der Waals surface area contributed by atoms with Gasteiger partial charge in [0.05, 0.1) is 5.69 Å². The van der Waals surface area contributed by atoms with Gasteiger partial charge >= 0.3 is 0 Å². The number of aromatic nitrogens is 4. The summed E-state index contributed by atoms with van der Waals surface area (Å²) in [5, 5.41) is 0. The Morgan fingerprint density at radius 2 is 2.00 bits per heavy atom. The van der Waals surface area contributed by atoms with Gasteiger partial charge in [0.25, 0.3) is 0 Å². The molecule has 4 rings (SSSR count). The highest BCUT2D eigenvalue weighted by molar-refractivity contribution is 5.44. The van der Waals surface area contributed by atoms with Gasteiger partial charge in [-0.2, -0.15) is 0 Å². The molecule has 4 aromatic rings. The van der Waals surface area contributed by atoms with Crippen molar-refractivity contribution in [1.82, 2.24) is 18.8 Å². The van der Waals surface area contributed by atoms with Gasteiger partial charge in [-0.15, -0.1) is 0 Å². The van der Waals surface area contributed by atoms with Crippen LogP contribution >= 0.6 is 0 Å². The van der Waals surface area contributed by atoms with Crippen molar-refractivity contribution in [2.24, 2.45) is 0 Å². The number of fused-ring (bicyclic) bond motifs is 2. The topological polar surface area (TPSA) is 34.6 Å². The lowest BCUT2D eigenvalue weighted by Crippen LogP contribution is -1.94. The summed E-state index contributed by atoms with van der Waals surface area (Å²) in [4.78, 5) is 9.10. The van der Waals surface area contributed by atoms with E-state index < -0.39 is 0 Å². The fraction of sp³-hybridized carbons (Fsp3) is 0.125. The van der Waals surface area contributed by atoms with Gasteiger partial charge in [0.1, 0.15) is 11.3 Å². The van der Waals surface area contributed by atoms with Gasteiger partial charge in [0.15, 0.2) is 0 Å². The lowest BCUT2D eigenvalue weighted by Gasteiger charge is -1.99. The van der Waals surface area contributed by atoms with Crippen LogP contribution in [0, 0.1) is 6.92 Å². The number of imidazole rings is 1. The van der Waals surface area contributed by atoms with Gasteiger partial charge in [-0.1, -0.05) is 6.07 Å². The Morgan fingerprint density at radius 3 is 2.90 bits per heavy atom. The van der Waals surface area contributed by atoms with Crippen LogP contribution in [0.15, 0.2) is 55.2 Å². The van der Waals surface area contributed by atoms with Crippen molar-refractivity contribution in [1.29, 1.82) is 0 Å². The van der Waals surface area contributed by atoms with Crippen molar-refractivity contribution in [2.45, 2.75) is 13.3 Å². The van der Waals surface area contributed by atoms with Gasteiger partial charge in [0.2, 0.25) is 0 Å². The third-order valence-corrected chi connectivity index (χ3v) is 3.43. The normalized spacial score (nSPS) is 11.4. The molecule has 4 heteroatoms. The molecule has 0 N–H and O–H groups in total. The average molecular weight is 262 g/mol. The molecule has 20 heavy (non-hydrogen) atoms. The second-order valence-electron chi connectivity index (χ2n) is 5.12. The van der Waals surface area contributed by atoms with Crippen LogP contribution in [0.4, 0.5) is 0 Å². The highest BCUT2D eigenvalue weighted by atomic mass is 15.0. The lowest BCUT2D eigenvalue weighted by molar-refractivity contribution is 1.03. The fourth-order valence-electron chi connectivity index (χ4n) is 2.54. The van der Waals surface area contributed by atoms with Crippen LogP contribution in [0.2, 0.25) is 0 Å². The minimum Gasteiger partial charge on any atom is -0.308 e. The van der Waals surface area contributed by atoms with Gasteiger partial charge in [-0.25, -0.2) is 9.97 Å². The Bertz CT molecular complexity index is 868. The molecule has 0 atom stereocenters. The van der Waals surface area contributed by atoms with Crippen molar-refractivity contribution in [3.05, 3.63) is 72.1 Å². The summed E-state index contributed by atoms with van der Waals surface area (Å²) in [7, 11) is 0. The Morgan fingerprint density at radius 1 is 1.05 bits per heavy atom. The largest absolute Gasteiger partial charge is 0.308 e. The van der Waals surface area contributed by atoms with Crippen LogP contribution in [0.3, 0.4) is 0 Å². The van der Waals surface area contributed by atoms with E-state index in [0.29, 0.717) is 0 Å². The van der Waals surface area contributed by atoms with Gasteiger partial charge in [0, 0.05) is 37.4 Å². The summed E-state index contributed by atoms with van der Waals surface area (Å²) in [6.45, 7) is 2.08. The first kappa shape index (κ1) is 11.2. The van der Waals surface area contributed by atoms with Crippen molar-refractivity contribution in [2.75, 3.05) is 0 Å². The second-order valence-corrected chi connectivity index (χ2v) is 5.12.